The number of aryl methyl sites for hydroxylation is 1. The largest absolute Gasteiger partial charge is 0.466 e. The van der Waals surface area contributed by atoms with Crippen molar-refractivity contribution < 1.29 is 28.7 Å². The highest BCUT2D eigenvalue weighted by atomic mass is 16.5. The molecule has 3 N–H and O–H groups in total. The number of urea groups is 1. The standard InChI is InChI=1S/C36H43N5O6/c1-5-25(6-2)18-20-47-34(44)17-19-41-23-33(43)40(4)31-16-15-28(22-29(31)35(41)45)37-32(42)21-26-11-13-27(14-12-26)38-36(46)39-30-10-8-7-9-24(30)3/h7-16,22,25H,5-6,17-21,23H2,1-4H3,(H,37,42)(H2,38,39,46). The molecule has 0 saturated carbocycles. The van der Waals surface area contributed by atoms with Crippen LogP contribution < -0.4 is 20.9 Å². The number of hydrogen-bond acceptors (Lipinski definition) is 6. The van der Waals surface area contributed by atoms with Gasteiger partial charge < -0.3 is 30.5 Å². The van der Waals surface area contributed by atoms with E-state index in [-0.39, 0.29) is 49.3 Å². The highest BCUT2D eigenvalue weighted by molar-refractivity contribution is 6.10. The van der Waals surface area contributed by atoms with Crippen LogP contribution in [0.5, 0.6) is 0 Å². The number of rotatable bonds is 13. The molecule has 1 aliphatic heterocycles. The Morgan fingerprint density at radius 1 is 0.894 bits per heavy atom. The molecule has 0 aromatic heterocycles. The number of benzene rings is 3. The number of ether oxygens (including phenoxy) is 1. The van der Waals surface area contributed by atoms with Gasteiger partial charge in [-0.05, 0) is 66.8 Å². The third kappa shape index (κ3) is 9.65. The van der Waals surface area contributed by atoms with Crippen LogP contribution in [0.2, 0.25) is 0 Å². The molecule has 1 aliphatic rings. The molecule has 1 heterocycles. The van der Waals surface area contributed by atoms with Gasteiger partial charge in [-0.1, -0.05) is 57.0 Å². The number of carbonyl (C=O) groups is 5. The van der Waals surface area contributed by atoms with Crippen molar-refractivity contribution in [3.05, 3.63) is 83.4 Å². The van der Waals surface area contributed by atoms with Gasteiger partial charge in [0, 0.05) is 30.7 Å². The Balaban J connectivity index is 1.33. The maximum absolute atomic E-state index is 13.5. The smallest absolute Gasteiger partial charge is 0.323 e. The minimum absolute atomic E-state index is 0.0247. The summed E-state index contributed by atoms with van der Waals surface area (Å²) < 4.78 is 5.37. The Morgan fingerprint density at radius 2 is 1.60 bits per heavy atom. The predicted molar refractivity (Wildman–Crippen MR) is 183 cm³/mol. The van der Waals surface area contributed by atoms with E-state index in [1.165, 1.54) is 9.80 Å². The number of anilines is 4. The number of likely N-dealkylation sites (N-methyl/N-ethyl adjacent to an activating group) is 1. The van der Waals surface area contributed by atoms with Crippen molar-refractivity contribution in [1.82, 2.24) is 4.90 Å². The summed E-state index contributed by atoms with van der Waals surface area (Å²) in [6, 6.07) is 18.8. The van der Waals surface area contributed by atoms with Gasteiger partial charge in [-0.3, -0.25) is 19.2 Å². The molecule has 0 spiro atoms. The minimum atomic E-state index is -0.413. The summed E-state index contributed by atoms with van der Waals surface area (Å²) in [5.74, 6) is -0.915. The molecule has 0 aliphatic carbocycles. The Hall–Kier alpha value is -5.19. The van der Waals surface area contributed by atoms with E-state index in [4.69, 9.17) is 4.74 Å². The fourth-order valence-corrected chi connectivity index (χ4v) is 5.33. The molecule has 5 amide bonds. The summed E-state index contributed by atoms with van der Waals surface area (Å²) in [6.07, 6.45) is 2.88. The van der Waals surface area contributed by atoms with Crippen molar-refractivity contribution in [1.29, 1.82) is 0 Å². The van der Waals surface area contributed by atoms with E-state index in [0.717, 1.165) is 30.4 Å². The van der Waals surface area contributed by atoms with Crippen LogP contribution in [0.15, 0.2) is 66.7 Å². The number of hydrogen-bond donors (Lipinski definition) is 3. The summed E-state index contributed by atoms with van der Waals surface area (Å²) in [6.45, 7) is 6.32. The van der Waals surface area contributed by atoms with Crippen molar-refractivity contribution in [2.24, 2.45) is 5.92 Å². The predicted octanol–water partition coefficient (Wildman–Crippen LogP) is 6.00. The number of nitrogens with zero attached hydrogens (tertiary/aromatic N) is 2. The fraction of sp³-hybridized carbons (Fsp3) is 0.361. The maximum Gasteiger partial charge on any atom is 0.323 e. The maximum atomic E-state index is 13.5. The highest BCUT2D eigenvalue weighted by Crippen LogP contribution is 2.28. The lowest BCUT2D eigenvalue weighted by Gasteiger charge is -2.20. The lowest BCUT2D eigenvalue weighted by molar-refractivity contribution is -0.144. The van der Waals surface area contributed by atoms with Crippen LogP contribution in [0.3, 0.4) is 0 Å². The van der Waals surface area contributed by atoms with Gasteiger partial charge in [0.2, 0.25) is 11.8 Å². The molecule has 0 unspecified atom stereocenters. The quantitative estimate of drug-likeness (QED) is 0.196. The Bertz CT molecular complexity index is 1600. The minimum Gasteiger partial charge on any atom is -0.466 e. The van der Waals surface area contributed by atoms with Gasteiger partial charge >= 0.3 is 12.0 Å². The van der Waals surface area contributed by atoms with Crippen LogP contribution in [0.25, 0.3) is 0 Å². The molecule has 248 valence electrons. The van der Waals surface area contributed by atoms with E-state index in [1.54, 1.807) is 49.5 Å². The molecular weight excluding hydrogens is 598 g/mol. The van der Waals surface area contributed by atoms with Gasteiger partial charge in [0.05, 0.1) is 30.7 Å². The number of nitrogens with one attached hydrogen (secondary N) is 3. The van der Waals surface area contributed by atoms with Gasteiger partial charge in [0.25, 0.3) is 5.91 Å². The molecule has 4 rings (SSSR count). The summed E-state index contributed by atoms with van der Waals surface area (Å²) in [7, 11) is 1.59. The van der Waals surface area contributed by atoms with Crippen LogP contribution in [0.1, 0.15) is 61.0 Å². The van der Waals surface area contributed by atoms with E-state index in [1.807, 2.05) is 31.2 Å². The summed E-state index contributed by atoms with van der Waals surface area (Å²) in [5, 5.41) is 8.42. The number of carbonyl (C=O) groups excluding carboxylic acids is 5. The zero-order valence-electron chi connectivity index (χ0n) is 27.4. The summed E-state index contributed by atoms with van der Waals surface area (Å²) in [5.41, 5.74) is 4.02. The second kappa shape index (κ2) is 16.4. The fourth-order valence-electron chi connectivity index (χ4n) is 5.33. The van der Waals surface area contributed by atoms with Gasteiger partial charge in [-0.2, -0.15) is 0 Å². The topological polar surface area (TPSA) is 137 Å². The van der Waals surface area contributed by atoms with Crippen molar-refractivity contribution in [2.45, 2.75) is 52.9 Å². The first-order chi connectivity index (χ1) is 22.6. The van der Waals surface area contributed by atoms with Crippen LogP contribution in [-0.2, 0) is 25.5 Å². The zero-order chi connectivity index (χ0) is 33.9. The molecule has 11 nitrogen and oxygen atoms in total. The highest BCUT2D eigenvalue weighted by Gasteiger charge is 2.30. The molecule has 3 aromatic rings. The van der Waals surface area contributed by atoms with Crippen LogP contribution >= 0.6 is 0 Å². The van der Waals surface area contributed by atoms with Crippen molar-refractivity contribution in [2.75, 3.05) is 47.6 Å². The van der Waals surface area contributed by atoms with E-state index in [2.05, 4.69) is 29.8 Å². The van der Waals surface area contributed by atoms with E-state index >= 15 is 0 Å². The molecule has 3 aromatic carbocycles. The third-order valence-electron chi connectivity index (χ3n) is 8.36. The van der Waals surface area contributed by atoms with E-state index < -0.39 is 11.9 Å². The SMILES string of the molecule is CCC(CC)CCOC(=O)CCN1CC(=O)N(C)c2ccc(NC(=O)Cc3ccc(NC(=O)Nc4ccccc4C)cc3)cc2C1=O. The van der Waals surface area contributed by atoms with Gasteiger partial charge in [0.15, 0.2) is 0 Å². The van der Waals surface area contributed by atoms with Crippen LogP contribution in [-0.4, -0.2) is 61.4 Å². The first kappa shape index (κ1) is 34.7. The van der Waals surface area contributed by atoms with Crippen molar-refractivity contribution in [3.8, 4) is 0 Å². The van der Waals surface area contributed by atoms with Crippen molar-refractivity contribution >= 4 is 52.5 Å². The van der Waals surface area contributed by atoms with E-state index in [0.29, 0.717) is 35.3 Å². The number of esters is 1. The van der Waals surface area contributed by atoms with Gasteiger partial charge in [-0.15, -0.1) is 0 Å². The number of fused-ring (bicyclic) bond motifs is 1. The Labute approximate surface area is 275 Å². The molecule has 0 saturated heterocycles. The first-order valence-electron chi connectivity index (χ1n) is 16.0. The Morgan fingerprint density at radius 3 is 2.30 bits per heavy atom. The summed E-state index contributed by atoms with van der Waals surface area (Å²) in [4.78, 5) is 66.8. The van der Waals surface area contributed by atoms with Gasteiger partial charge in [0.1, 0.15) is 6.54 Å². The number of amides is 5. The van der Waals surface area contributed by atoms with Crippen LogP contribution in [0.4, 0.5) is 27.5 Å². The third-order valence-corrected chi connectivity index (χ3v) is 8.36. The van der Waals surface area contributed by atoms with Crippen molar-refractivity contribution in [3.63, 3.8) is 0 Å². The summed E-state index contributed by atoms with van der Waals surface area (Å²) >= 11 is 0. The van der Waals surface area contributed by atoms with Crippen LogP contribution in [0, 0.1) is 12.8 Å². The molecule has 11 heteroatoms. The average molecular weight is 642 g/mol. The molecule has 0 atom stereocenters. The molecule has 0 fully saturated rings. The Kier molecular flexibility index (Phi) is 12.1. The molecule has 0 radical (unpaired) electrons. The molecular formula is C36H43N5O6. The lowest BCUT2D eigenvalue weighted by atomic mass is 10.0. The molecule has 47 heavy (non-hydrogen) atoms. The first-order valence-corrected chi connectivity index (χ1v) is 16.0. The van der Waals surface area contributed by atoms with E-state index in [9.17, 15) is 24.0 Å². The molecule has 0 bridgehead atoms. The zero-order valence-corrected chi connectivity index (χ0v) is 27.4. The number of para-hydroxylation sites is 1. The second-order valence-corrected chi connectivity index (χ2v) is 11.7. The average Bonchev–Trinajstić information content (AvgIpc) is 3.14. The van der Waals surface area contributed by atoms with Gasteiger partial charge in [-0.25, -0.2) is 4.79 Å². The monoisotopic (exact) mass is 641 g/mol. The second-order valence-electron chi connectivity index (χ2n) is 11.7. The lowest BCUT2D eigenvalue weighted by Crippen LogP contribution is -2.39. The normalized spacial score (nSPS) is 12.8.